The lowest BCUT2D eigenvalue weighted by Crippen LogP contribution is -2.24. The number of benzene rings is 1. The quantitative estimate of drug-likeness (QED) is 0.792. The molecular weight excluding hydrogens is 266 g/mol. The molecule has 0 radical (unpaired) electrons. The first-order chi connectivity index (χ1) is 9.28. The molecule has 0 bridgehead atoms. The maximum Gasteiger partial charge on any atom is 0.227 e. The van der Waals surface area contributed by atoms with Gasteiger partial charge in [0.2, 0.25) is 5.91 Å². The first kappa shape index (κ1) is 12.1. The Balaban J connectivity index is 1.90. The largest absolute Gasteiger partial charge is 0.312 e. The summed E-state index contributed by atoms with van der Waals surface area (Å²) in [4.78, 5) is 13.7. The van der Waals surface area contributed by atoms with Gasteiger partial charge in [-0.2, -0.15) is 0 Å². The smallest absolute Gasteiger partial charge is 0.227 e. The van der Waals surface area contributed by atoms with Gasteiger partial charge in [0.25, 0.3) is 0 Å². The molecule has 1 aromatic carbocycles. The van der Waals surface area contributed by atoms with Crippen molar-refractivity contribution >= 4 is 23.2 Å². The van der Waals surface area contributed by atoms with Crippen molar-refractivity contribution in [3.8, 4) is 5.69 Å². The van der Waals surface area contributed by atoms with Gasteiger partial charge in [-0.25, -0.2) is 4.68 Å². The van der Waals surface area contributed by atoms with Gasteiger partial charge in [-0.3, -0.25) is 4.79 Å². The molecule has 7 heteroatoms. The van der Waals surface area contributed by atoms with Gasteiger partial charge < -0.3 is 4.90 Å². The van der Waals surface area contributed by atoms with E-state index in [0.717, 1.165) is 11.4 Å². The Kier molecular flexibility index (Phi) is 3.16. The number of carbonyl (C=O) groups is 1. The number of tetrazole rings is 1. The van der Waals surface area contributed by atoms with Crippen LogP contribution in [-0.4, -0.2) is 38.5 Å². The second-order valence-corrected chi connectivity index (χ2v) is 4.81. The second kappa shape index (κ2) is 4.97. The molecule has 1 atom stereocenters. The van der Waals surface area contributed by atoms with Gasteiger partial charge in [-0.1, -0.05) is 6.07 Å². The minimum Gasteiger partial charge on any atom is -0.312 e. The van der Waals surface area contributed by atoms with Crippen molar-refractivity contribution in [2.75, 3.05) is 17.3 Å². The molecule has 2 aromatic rings. The number of halogens is 1. The zero-order chi connectivity index (χ0) is 13.2. The van der Waals surface area contributed by atoms with Crippen LogP contribution in [0.3, 0.4) is 0 Å². The van der Waals surface area contributed by atoms with Crippen molar-refractivity contribution in [3.05, 3.63) is 30.6 Å². The lowest BCUT2D eigenvalue weighted by Gasteiger charge is -2.17. The number of alkyl halides is 1. The Labute approximate surface area is 115 Å². The molecule has 1 aromatic heterocycles. The van der Waals surface area contributed by atoms with E-state index < -0.39 is 0 Å². The third-order valence-electron chi connectivity index (χ3n) is 3.18. The molecule has 1 saturated heterocycles. The van der Waals surface area contributed by atoms with Gasteiger partial charge in [0, 0.05) is 24.5 Å². The van der Waals surface area contributed by atoms with E-state index in [1.165, 1.54) is 6.33 Å². The Morgan fingerprint density at radius 3 is 2.89 bits per heavy atom. The lowest BCUT2D eigenvalue weighted by atomic mass is 10.1. The average Bonchev–Trinajstić information content (AvgIpc) is 3.08. The summed E-state index contributed by atoms with van der Waals surface area (Å²) < 4.78 is 1.56. The van der Waals surface area contributed by atoms with Gasteiger partial charge in [-0.15, -0.1) is 16.7 Å². The Bertz CT molecular complexity index is 586. The highest BCUT2D eigenvalue weighted by atomic mass is 35.5. The highest BCUT2D eigenvalue weighted by Crippen LogP contribution is 2.26. The molecule has 3 rings (SSSR count). The number of anilines is 1. The summed E-state index contributed by atoms with van der Waals surface area (Å²) in [5, 5.41) is 11.0. The van der Waals surface area contributed by atoms with E-state index in [9.17, 15) is 4.79 Å². The zero-order valence-corrected chi connectivity index (χ0v) is 10.9. The van der Waals surface area contributed by atoms with Crippen LogP contribution in [0.1, 0.15) is 6.42 Å². The number of nitrogens with zero attached hydrogens (tertiary/aromatic N) is 5. The highest BCUT2D eigenvalue weighted by Gasteiger charge is 2.29. The molecule has 1 aliphatic heterocycles. The number of carbonyl (C=O) groups excluding carboxylic acids is 1. The van der Waals surface area contributed by atoms with Crippen molar-refractivity contribution in [2.45, 2.75) is 6.42 Å². The first-order valence-electron chi connectivity index (χ1n) is 5.97. The van der Waals surface area contributed by atoms with E-state index in [2.05, 4.69) is 15.5 Å². The van der Waals surface area contributed by atoms with Crippen LogP contribution in [0.25, 0.3) is 5.69 Å². The summed E-state index contributed by atoms with van der Waals surface area (Å²) in [5.41, 5.74) is 1.68. The fraction of sp³-hybridized carbons (Fsp3) is 0.333. The first-order valence-corrected chi connectivity index (χ1v) is 6.51. The monoisotopic (exact) mass is 277 g/mol. The van der Waals surface area contributed by atoms with Crippen LogP contribution in [0.5, 0.6) is 0 Å². The molecule has 0 aliphatic carbocycles. The van der Waals surface area contributed by atoms with E-state index in [4.69, 9.17) is 11.6 Å². The molecule has 1 aliphatic rings. The van der Waals surface area contributed by atoms with E-state index in [1.807, 2.05) is 24.3 Å². The number of hydrogen-bond acceptors (Lipinski definition) is 4. The Hall–Kier alpha value is -1.95. The van der Waals surface area contributed by atoms with E-state index in [-0.39, 0.29) is 11.8 Å². The van der Waals surface area contributed by atoms with Crippen LogP contribution in [0, 0.1) is 5.92 Å². The number of hydrogen-bond donors (Lipinski definition) is 0. The Morgan fingerprint density at radius 2 is 2.21 bits per heavy atom. The standard InChI is InChI=1S/C12H12ClN5O/c13-6-9-4-12(19)17(7-9)10-2-1-3-11(5-10)18-8-14-15-16-18/h1-3,5,8-9H,4,6-7H2. The molecule has 1 unspecified atom stereocenters. The minimum absolute atomic E-state index is 0.111. The minimum atomic E-state index is 0.111. The molecule has 1 fully saturated rings. The zero-order valence-electron chi connectivity index (χ0n) is 10.1. The molecule has 6 nitrogen and oxygen atoms in total. The molecule has 0 saturated carbocycles. The van der Waals surface area contributed by atoms with Gasteiger partial charge >= 0.3 is 0 Å². The number of rotatable bonds is 3. The molecule has 1 amide bonds. The van der Waals surface area contributed by atoms with Crippen LogP contribution in [0.2, 0.25) is 0 Å². The molecule has 98 valence electrons. The fourth-order valence-electron chi connectivity index (χ4n) is 2.22. The van der Waals surface area contributed by atoms with Crippen molar-refractivity contribution in [1.82, 2.24) is 20.2 Å². The maximum atomic E-state index is 12.0. The summed E-state index contributed by atoms with van der Waals surface area (Å²) in [5.74, 6) is 0.847. The number of aromatic nitrogens is 4. The van der Waals surface area contributed by atoms with Gasteiger partial charge in [0.05, 0.1) is 5.69 Å². The topological polar surface area (TPSA) is 63.9 Å². The van der Waals surface area contributed by atoms with E-state index in [1.54, 1.807) is 9.58 Å². The van der Waals surface area contributed by atoms with Crippen LogP contribution < -0.4 is 4.90 Å². The fourth-order valence-corrected chi connectivity index (χ4v) is 2.42. The summed E-state index contributed by atoms with van der Waals surface area (Å²) in [6.07, 6.45) is 2.03. The molecule has 19 heavy (non-hydrogen) atoms. The maximum absolute atomic E-state index is 12.0. The summed E-state index contributed by atoms with van der Waals surface area (Å²) in [6.45, 7) is 0.668. The third-order valence-corrected chi connectivity index (χ3v) is 3.61. The Morgan fingerprint density at radius 1 is 1.37 bits per heavy atom. The highest BCUT2D eigenvalue weighted by molar-refractivity contribution is 6.18. The van der Waals surface area contributed by atoms with Gasteiger partial charge in [0.1, 0.15) is 6.33 Å². The summed E-state index contributed by atoms with van der Waals surface area (Å²) >= 11 is 5.83. The van der Waals surface area contributed by atoms with E-state index >= 15 is 0 Å². The van der Waals surface area contributed by atoms with Crippen molar-refractivity contribution in [1.29, 1.82) is 0 Å². The number of amides is 1. The SMILES string of the molecule is O=C1CC(CCl)CN1c1cccc(-n2cnnn2)c1. The summed E-state index contributed by atoms with van der Waals surface area (Å²) in [6, 6.07) is 7.57. The average molecular weight is 278 g/mol. The van der Waals surface area contributed by atoms with Crippen molar-refractivity contribution in [2.24, 2.45) is 5.92 Å². The van der Waals surface area contributed by atoms with Gasteiger partial charge in [-0.05, 0) is 34.5 Å². The van der Waals surface area contributed by atoms with Crippen LogP contribution in [0.15, 0.2) is 30.6 Å². The van der Waals surface area contributed by atoms with Crippen LogP contribution in [-0.2, 0) is 4.79 Å². The van der Waals surface area contributed by atoms with Crippen LogP contribution >= 0.6 is 11.6 Å². The predicted molar refractivity (Wildman–Crippen MR) is 70.3 cm³/mol. The van der Waals surface area contributed by atoms with Crippen molar-refractivity contribution in [3.63, 3.8) is 0 Å². The summed E-state index contributed by atoms with van der Waals surface area (Å²) in [7, 11) is 0. The van der Waals surface area contributed by atoms with E-state index in [0.29, 0.717) is 18.8 Å². The molecule has 0 N–H and O–H groups in total. The molecule has 2 heterocycles. The lowest BCUT2D eigenvalue weighted by molar-refractivity contribution is -0.117. The predicted octanol–water partition coefficient (Wildman–Crippen LogP) is 1.25. The second-order valence-electron chi connectivity index (χ2n) is 4.50. The van der Waals surface area contributed by atoms with Crippen molar-refractivity contribution < 1.29 is 4.79 Å². The molecular formula is C12H12ClN5O. The van der Waals surface area contributed by atoms with Gasteiger partial charge in [0.15, 0.2) is 0 Å². The normalized spacial score (nSPS) is 19.1. The third kappa shape index (κ3) is 2.31. The van der Waals surface area contributed by atoms with Crippen LogP contribution in [0.4, 0.5) is 5.69 Å². The molecule has 0 spiro atoms.